The molecular formula is C27H31NO2. The van der Waals surface area contributed by atoms with E-state index in [0.717, 1.165) is 24.1 Å². The maximum atomic E-state index is 11.3. The van der Waals surface area contributed by atoms with Gasteiger partial charge in [0.2, 0.25) is 0 Å². The molecule has 3 rings (SSSR count). The third-order valence-electron chi connectivity index (χ3n) is 5.05. The molecule has 0 atom stereocenters. The lowest BCUT2D eigenvalue weighted by Crippen LogP contribution is -2.02. The number of anilines is 1. The Balaban J connectivity index is 0.000000216. The molecular weight excluding hydrogens is 370 g/mol. The Morgan fingerprint density at radius 1 is 0.800 bits per heavy atom. The summed E-state index contributed by atoms with van der Waals surface area (Å²) in [6.45, 7) is 7.14. The average Bonchev–Trinajstić information content (AvgIpc) is 2.75. The fourth-order valence-electron chi connectivity index (χ4n) is 3.16. The molecule has 0 aliphatic rings. The summed E-state index contributed by atoms with van der Waals surface area (Å²) in [6, 6.07) is 22.6. The second-order valence-electron chi connectivity index (χ2n) is 7.45. The van der Waals surface area contributed by atoms with Crippen molar-refractivity contribution in [1.29, 1.82) is 0 Å². The van der Waals surface area contributed by atoms with Crippen LogP contribution in [0.3, 0.4) is 0 Å². The molecule has 0 spiro atoms. The fraction of sp³-hybridized carbons (Fsp3) is 0.259. The highest BCUT2D eigenvalue weighted by Crippen LogP contribution is 2.15. The molecule has 0 bridgehead atoms. The summed E-state index contributed by atoms with van der Waals surface area (Å²) >= 11 is 0. The van der Waals surface area contributed by atoms with E-state index in [0.29, 0.717) is 11.1 Å². The standard InChI is InChI=1S/C15H17N.C12H14O2/c1-12-3-5-13(6-4-12)11-14-7-9-15(16-2)10-8-14;1-4-10-5-6-11(8(2)13)7-12(10)9(3)14/h3-10,16H,11H2,1-2H3;5-7H,4H2,1-3H3. The van der Waals surface area contributed by atoms with Gasteiger partial charge in [-0.25, -0.2) is 0 Å². The van der Waals surface area contributed by atoms with Crippen molar-refractivity contribution in [3.63, 3.8) is 0 Å². The highest BCUT2D eigenvalue weighted by molar-refractivity contribution is 6.00. The maximum absolute atomic E-state index is 11.3. The third kappa shape index (κ3) is 6.70. The number of rotatable bonds is 6. The van der Waals surface area contributed by atoms with Crippen LogP contribution in [0.25, 0.3) is 0 Å². The van der Waals surface area contributed by atoms with Gasteiger partial charge in [0.1, 0.15) is 0 Å². The molecule has 156 valence electrons. The molecule has 0 aliphatic carbocycles. The predicted molar refractivity (Wildman–Crippen MR) is 126 cm³/mol. The van der Waals surface area contributed by atoms with E-state index in [1.54, 1.807) is 12.1 Å². The smallest absolute Gasteiger partial charge is 0.160 e. The van der Waals surface area contributed by atoms with Gasteiger partial charge >= 0.3 is 0 Å². The maximum Gasteiger partial charge on any atom is 0.160 e. The quantitative estimate of drug-likeness (QED) is 0.494. The van der Waals surface area contributed by atoms with Crippen LogP contribution >= 0.6 is 0 Å². The van der Waals surface area contributed by atoms with Gasteiger partial charge in [-0.2, -0.15) is 0 Å². The monoisotopic (exact) mass is 401 g/mol. The molecule has 0 aromatic heterocycles. The molecule has 0 amide bonds. The van der Waals surface area contributed by atoms with Crippen molar-refractivity contribution in [2.75, 3.05) is 12.4 Å². The largest absolute Gasteiger partial charge is 0.388 e. The molecule has 3 aromatic rings. The van der Waals surface area contributed by atoms with Gasteiger partial charge in [0, 0.05) is 23.9 Å². The van der Waals surface area contributed by atoms with Crippen molar-refractivity contribution in [3.8, 4) is 0 Å². The van der Waals surface area contributed by atoms with Gasteiger partial charge in [0.05, 0.1) is 0 Å². The second-order valence-corrected chi connectivity index (χ2v) is 7.45. The summed E-state index contributed by atoms with van der Waals surface area (Å²) in [5.74, 6) is 0.0140. The van der Waals surface area contributed by atoms with Crippen LogP contribution < -0.4 is 5.32 Å². The lowest BCUT2D eigenvalue weighted by Gasteiger charge is -2.05. The SMILES string of the molecule is CCc1ccc(C(C)=O)cc1C(C)=O.CNc1ccc(Cc2ccc(C)cc2)cc1. The Kier molecular flexibility index (Phi) is 8.54. The fourth-order valence-corrected chi connectivity index (χ4v) is 3.16. The molecule has 1 N–H and O–H groups in total. The zero-order valence-corrected chi connectivity index (χ0v) is 18.6. The summed E-state index contributed by atoms with van der Waals surface area (Å²) in [4.78, 5) is 22.4. The van der Waals surface area contributed by atoms with Crippen LogP contribution in [0.2, 0.25) is 0 Å². The van der Waals surface area contributed by atoms with Gasteiger partial charge in [0.25, 0.3) is 0 Å². The van der Waals surface area contributed by atoms with Crippen LogP contribution in [0.4, 0.5) is 5.69 Å². The Morgan fingerprint density at radius 2 is 1.37 bits per heavy atom. The number of Topliss-reactive ketones (excluding diaryl/α,β-unsaturated/α-hetero) is 2. The van der Waals surface area contributed by atoms with E-state index in [9.17, 15) is 9.59 Å². The predicted octanol–water partition coefficient (Wildman–Crippen LogP) is 6.28. The van der Waals surface area contributed by atoms with E-state index < -0.39 is 0 Å². The molecule has 3 aromatic carbocycles. The van der Waals surface area contributed by atoms with Crippen LogP contribution in [0.5, 0.6) is 0 Å². The van der Waals surface area contributed by atoms with E-state index in [1.807, 2.05) is 20.0 Å². The van der Waals surface area contributed by atoms with Crippen molar-refractivity contribution >= 4 is 17.3 Å². The topological polar surface area (TPSA) is 46.2 Å². The van der Waals surface area contributed by atoms with Crippen LogP contribution in [-0.4, -0.2) is 18.6 Å². The first-order valence-electron chi connectivity index (χ1n) is 10.3. The van der Waals surface area contributed by atoms with E-state index in [1.165, 1.54) is 30.5 Å². The number of hydrogen-bond acceptors (Lipinski definition) is 3. The van der Waals surface area contributed by atoms with Crippen LogP contribution in [0, 0.1) is 6.92 Å². The zero-order chi connectivity index (χ0) is 22.1. The molecule has 0 saturated heterocycles. The Labute approximate surface area is 180 Å². The molecule has 0 saturated carbocycles. The molecule has 3 heteroatoms. The van der Waals surface area contributed by atoms with Gasteiger partial charge < -0.3 is 5.32 Å². The summed E-state index contributed by atoms with van der Waals surface area (Å²) in [6.07, 6.45) is 1.82. The van der Waals surface area contributed by atoms with Gasteiger partial charge in [-0.3, -0.25) is 9.59 Å². The molecule has 0 radical (unpaired) electrons. The van der Waals surface area contributed by atoms with Crippen molar-refractivity contribution in [2.24, 2.45) is 0 Å². The van der Waals surface area contributed by atoms with Crippen molar-refractivity contribution in [3.05, 3.63) is 100 Å². The van der Waals surface area contributed by atoms with E-state index in [4.69, 9.17) is 0 Å². The number of carbonyl (C=O) groups excluding carboxylic acids is 2. The van der Waals surface area contributed by atoms with Gasteiger partial charge in [-0.05, 0) is 68.5 Å². The molecule has 3 nitrogen and oxygen atoms in total. The lowest BCUT2D eigenvalue weighted by molar-refractivity contribution is 0.101. The molecule has 30 heavy (non-hydrogen) atoms. The molecule has 0 fully saturated rings. The molecule has 0 aliphatic heterocycles. The van der Waals surface area contributed by atoms with E-state index in [2.05, 4.69) is 60.8 Å². The third-order valence-corrected chi connectivity index (χ3v) is 5.05. The minimum atomic E-state index is -0.00449. The van der Waals surface area contributed by atoms with Crippen molar-refractivity contribution in [1.82, 2.24) is 0 Å². The van der Waals surface area contributed by atoms with E-state index >= 15 is 0 Å². The number of hydrogen-bond donors (Lipinski definition) is 1. The first kappa shape index (κ1) is 23.1. The Bertz CT molecular complexity index is 986. The first-order valence-corrected chi connectivity index (χ1v) is 10.3. The minimum Gasteiger partial charge on any atom is -0.388 e. The number of carbonyl (C=O) groups is 2. The normalized spacial score (nSPS) is 10.0. The Morgan fingerprint density at radius 3 is 1.83 bits per heavy atom. The Hall–Kier alpha value is -3.20. The first-order chi connectivity index (χ1) is 14.3. The summed E-state index contributed by atoms with van der Waals surface area (Å²) in [5.41, 5.74) is 7.46. The summed E-state index contributed by atoms with van der Waals surface area (Å²) < 4.78 is 0. The molecule has 0 unspecified atom stereocenters. The highest BCUT2D eigenvalue weighted by atomic mass is 16.1. The van der Waals surface area contributed by atoms with Gasteiger partial charge in [-0.1, -0.05) is 61.0 Å². The van der Waals surface area contributed by atoms with Crippen LogP contribution in [-0.2, 0) is 12.8 Å². The number of ketones is 2. The summed E-state index contributed by atoms with van der Waals surface area (Å²) in [7, 11) is 1.94. The van der Waals surface area contributed by atoms with Crippen LogP contribution in [0.15, 0.2) is 66.7 Å². The second kappa shape index (κ2) is 11.1. The van der Waals surface area contributed by atoms with Crippen molar-refractivity contribution in [2.45, 2.75) is 40.5 Å². The lowest BCUT2D eigenvalue weighted by atomic mass is 9.98. The summed E-state index contributed by atoms with van der Waals surface area (Å²) in [5, 5.41) is 3.13. The number of nitrogens with one attached hydrogen (secondary N) is 1. The van der Waals surface area contributed by atoms with Crippen molar-refractivity contribution < 1.29 is 9.59 Å². The zero-order valence-electron chi connectivity index (χ0n) is 18.6. The number of benzene rings is 3. The van der Waals surface area contributed by atoms with Crippen LogP contribution in [0.1, 0.15) is 63.7 Å². The number of aryl methyl sites for hydroxylation is 2. The average molecular weight is 402 g/mol. The van der Waals surface area contributed by atoms with Gasteiger partial charge in [-0.15, -0.1) is 0 Å². The highest BCUT2D eigenvalue weighted by Gasteiger charge is 2.08. The van der Waals surface area contributed by atoms with Gasteiger partial charge in [0.15, 0.2) is 11.6 Å². The molecule has 0 heterocycles. The van der Waals surface area contributed by atoms with E-state index in [-0.39, 0.29) is 11.6 Å². The minimum absolute atomic E-state index is 0.00449.